The third-order valence-electron chi connectivity index (χ3n) is 3.67. The van der Waals surface area contributed by atoms with Crippen LogP contribution in [0.2, 0.25) is 15.1 Å². The maximum absolute atomic E-state index is 6.36. The molecule has 0 spiro atoms. The summed E-state index contributed by atoms with van der Waals surface area (Å²) in [6.45, 7) is 2.35. The second kappa shape index (κ2) is 6.54. The minimum absolute atomic E-state index is 0.352. The van der Waals surface area contributed by atoms with E-state index in [1.165, 1.54) is 0 Å². The lowest BCUT2D eigenvalue weighted by Crippen LogP contribution is -2.02. The summed E-state index contributed by atoms with van der Waals surface area (Å²) in [5, 5.41) is 6.41. The lowest BCUT2D eigenvalue weighted by atomic mass is 10.1. The third kappa shape index (κ3) is 3.10. The van der Waals surface area contributed by atoms with Crippen molar-refractivity contribution in [1.82, 2.24) is 9.78 Å². The molecule has 0 amide bonds. The zero-order valence-corrected chi connectivity index (χ0v) is 14.6. The number of nitrogens with two attached hydrogens (primary N) is 1. The molecule has 118 valence electrons. The summed E-state index contributed by atoms with van der Waals surface area (Å²) in [5.41, 5.74) is 10.3. The van der Waals surface area contributed by atoms with E-state index in [0.29, 0.717) is 21.6 Å². The lowest BCUT2D eigenvalue weighted by molar-refractivity contribution is 0.838. The molecule has 2 N–H and O–H groups in total. The van der Waals surface area contributed by atoms with Crippen molar-refractivity contribution in [3.8, 4) is 16.9 Å². The first-order valence-electron chi connectivity index (χ1n) is 7.01. The van der Waals surface area contributed by atoms with Gasteiger partial charge in [-0.25, -0.2) is 4.68 Å². The van der Waals surface area contributed by atoms with Gasteiger partial charge in [0.1, 0.15) is 0 Å². The molecule has 6 heteroatoms. The number of halogens is 3. The van der Waals surface area contributed by atoms with Gasteiger partial charge in [-0.05, 0) is 42.8 Å². The second-order valence-electron chi connectivity index (χ2n) is 5.14. The highest BCUT2D eigenvalue weighted by atomic mass is 35.5. The van der Waals surface area contributed by atoms with Crippen LogP contribution in [-0.4, -0.2) is 9.78 Å². The first-order valence-corrected chi connectivity index (χ1v) is 8.14. The standard InChI is InChI=1S/C17H14Cl3N3/c1-10-15(9-21)22-23(16-7-6-13(19)8-14(16)20)17(10)11-2-4-12(18)5-3-11/h2-8H,9,21H2,1H3. The summed E-state index contributed by atoms with van der Waals surface area (Å²) in [7, 11) is 0. The lowest BCUT2D eigenvalue weighted by Gasteiger charge is -2.11. The summed E-state index contributed by atoms with van der Waals surface area (Å²) in [6.07, 6.45) is 0. The number of aromatic nitrogens is 2. The number of hydrogen-bond acceptors (Lipinski definition) is 2. The van der Waals surface area contributed by atoms with Crippen LogP contribution in [0, 0.1) is 6.92 Å². The minimum atomic E-state index is 0.352. The van der Waals surface area contributed by atoms with Gasteiger partial charge in [0.2, 0.25) is 0 Å². The van der Waals surface area contributed by atoms with Gasteiger partial charge in [-0.3, -0.25) is 0 Å². The van der Waals surface area contributed by atoms with Gasteiger partial charge in [0.05, 0.1) is 22.1 Å². The SMILES string of the molecule is Cc1c(CN)nn(-c2ccc(Cl)cc2Cl)c1-c1ccc(Cl)cc1. The Morgan fingerprint density at radius 1 is 1.00 bits per heavy atom. The average molecular weight is 367 g/mol. The Labute approximate surface area is 149 Å². The largest absolute Gasteiger partial charge is 0.325 e. The van der Waals surface area contributed by atoms with Gasteiger partial charge in [-0.15, -0.1) is 0 Å². The molecule has 0 atom stereocenters. The number of rotatable bonds is 3. The summed E-state index contributed by atoms with van der Waals surface area (Å²) in [6, 6.07) is 12.9. The normalized spacial score (nSPS) is 11.0. The Bertz CT molecular complexity index is 854. The first kappa shape index (κ1) is 16.3. The molecule has 3 aromatic rings. The van der Waals surface area contributed by atoms with Crippen molar-refractivity contribution in [1.29, 1.82) is 0 Å². The number of hydrogen-bond donors (Lipinski definition) is 1. The highest BCUT2D eigenvalue weighted by Crippen LogP contribution is 2.32. The van der Waals surface area contributed by atoms with Gasteiger partial charge in [-0.2, -0.15) is 5.10 Å². The maximum Gasteiger partial charge on any atom is 0.0840 e. The van der Waals surface area contributed by atoms with Crippen molar-refractivity contribution >= 4 is 34.8 Å². The molecule has 0 saturated carbocycles. The topological polar surface area (TPSA) is 43.8 Å². The zero-order chi connectivity index (χ0) is 16.6. The minimum Gasteiger partial charge on any atom is -0.325 e. The van der Waals surface area contributed by atoms with Gasteiger partial charge < -0.3 is 5.73 Å². The maximum atomic E-state index is 6.36. The molecule has 2 aromatic carbocycles. The predicted molar refractivity (Wildman–Crippen MR) is 96.7 cm³/mol. The van der Waals surface area contributed by atoms with Gasteiger partial charge >= 0.3 is 0 Å². The van der Waals surface area contributed by atoms with Gasteiger partial charge in [0.25, 0.3) is 0 Å². The van der Waals surface area contributed by atoms with Crippen molar-refractivity contribution in [2.24, 2.45) is 5.73 Å². The molecule has 0 aliphatic heterocycles. The Kier molecular flexibility index (Phi) is 4.64. The summed E-state index contributed by atoms with van der Waals surface area (Å²) >= 11 is 18.3. The van der Waals surface area contributed by atoms with Gasteiger partial charge in [-0.1, -0.05) is 46.9 Å². The van der Waals surface area contributed by atoms with E-state index >= 15 is 0 Å². The highest BCUT2D eigenvalue weighted by Gasteiger charge is 2.18. The fourth-order valence-electron chi connectivity index (χ4n) is 2.51. The Balaban J connectivity index is 2.26. The average Bonchev–Trinajstić information content (AvgIpc) is 2.85. The summed E-state index contributed by atoms with van der Waals surface area (Å²) in [4.78, 5) is 0. The first-order chi connectivity index (χ1) is 11.0. The van der Waals surface area contributed by atoms with E-state index in [0.717, 1.165) is 28.2 Å². The van der Waals surface area contributed by atoms with E-state index in [9.17, 15) is 0 Å². The van der Waals surface area contributed by atoms with Crippen LogP contribution in [0.25, 0.3) is 16.9 Å². The van der Waals surface area contributed by atoms with Gasteiger partial charge in [0, 0.05) is 22.2 Å². The van der Waals surface area contributed by atoms with Crippen LogP contribution in [0.1, 0.15) is 11.3 Å². The Morgan fingerprint density at radius 2 is 1.65 bits per heavy atom. The molecule has 0 fully saturated rings. The zero-order valence-electron chi connectivity index (χ0n) is 12.4. The van der Waals surface area contributed by atoms with E-state index < -0.39 is 0 Å². The van der Waals surface area contributed by atoms with Crippen LogP contribution in [0.4, 0.5) is 0 Å². The molecule has 1 aromatic heterocycles. The molecule has 0 saturated heterocycles. The fourth-order valence-corrected chi connectivity index (χ4v) is 3.12. The van der Waals surface area contributed by atoms with Crippen LogP contribution in [0.5, 0.6) is 0 Å². The molecule has 23 heavy (non-hydrogen) atoms. The number of nitrogens with zero attached hydrogens (tertiary/aromatic N) is 2. The molecule has 3 rings (SSSR count). The van der Waals surface area contributed by atoms with Crippen LogP contribution >= 0.6 is 34.8 Å². The van der Waals surface area contributed by atoms with Crippen molar-refractivity contribution in [3.05, 3.63) is 68.8 Å². The molecule has 0 aliphatic rings. The Hall–Kier alpha value is -1.52. The molecule has 3 nitrogen and oxygen atoms in total. The summed E-state index contributed by atoms with van der Waals surface area (Å²) < 4.78 is 1.80. The molecular weight excluding hydrogens is 353 g/mol. The van der Waals surface area contributed by atoms with Crippen molar-refractivity contribution in [3.63, 3.8) is 0 Å². The molecule has 0 bridgehead atoms. The van der Waals surface area contributed by atoms with Crippen LogP contribution in [0.15, 0.2) is 42.5 Å². The fraction of sp³-hybridized carbons (Fsp3) is 0.118. The van der Waals surface area contributed by atoms with Crippen molar-refractivity contribution in [2.45, 2.75) is 13.5 Å². The van der Waals surface area contributed by atoms with E-state index in [2.05, 4.69) is 5.10 Å². The predicted octanol–water partition coefficient (Wildman–Crippen LogP) is 5.27. The number of benzene rings is 2. The Morgan fingerprint density at radius 3 is 2.26 bits per heavy atom. The molecular formula is C17H14Cl3N3. The third-order valence-corrected chi connectivity index (χ3v) is 4.46. The smallest absolute Gasteiger partial charge is 0.0840 e. The van der Waals surface area contributed by atoms with Gasteiger partial charge in [0.15, 0.2) is 0 Å². The van der Waals surface area contributed by atoms with E-state index in [1.807, 2.05) is 37.3 Å². The quantitative estimate of drug-likeness (QED) is 0.686. The molecule has 0 aliphatic carbocycles. The monoisotopic (exact) mass is 365 g/mol. The summed E-state index contributed by atoms with van der Waals surface area (Å²) in [5.74, 6) is 0. The van der Waals surface area contributed by atoms with Crippen molar-refractivity contribution in [2.75, 3.05) is 0 Å². The van der Waals surface area contributed by atoms with Crippen LogP contribution in [-0.2, 0) is 6.54 Å². The molecule has 0 unspecified atom stereocenters. The van der Waals surface area contributed by atoms with Crippen LogP contribution < -0.4 is 5.73 Å². The molecule has 0 radical (unpaired) electrons. The van der Waals surface area contributed by atoms with Crippen molar-refractivity contribution < 1.29 is 0 Å². The van der Waals surface area contributed by atoms with E-state index in [4.69, 9.17) is 40.5 Å². The van der Waals surface area contributed by atoms with E-state index in [-0.39, 0.29) is 0 Å². The highest BCUT2D eigenvalue weighted by molar-refractivity contribution is 6.35. The van der Waals surface area contributed by atoms with Crippen LogP contribution in [0.3, 0.4) is 0 Å². The molecule has 1 heterocycles. The van der Waals surface area contributed by atoms with E-state index in [1.54, 1.807) is 16.8 Å². The second-order valence-corrected chi connectivity index (χ2v) is 6.42.